The Balaban J connectivity index is 5.50. The van der Waals surface area contributed by atoms with E-state index < -0.39 is 28.9 Å². The van der Waals surface area contributed by atoms with Crippen LogP contribution in [0.3, 0.4) is 0 Å². The van der Waals surface area contributed by atoms with Crippen LogP contribution in [-0.4, -0.2) is 28.1 Å². The average Bonchev–Trinajstić information content (AvgIpc) is 2.39. The molecule has 0 radical (unpaired) electrons. The van der Waals surface area contributed by atoms with E-state index in [0.717, 1.165) is 12.8 Å². The number of carbonyl (C=O) groups is 1. The lowest BCUT2D eigenvalue weighted by atomic mass is 9.90. The van der Waals surface area contributed by atoms with Gasteiger partial charge in [0.15, 0.2) is 0 Å². The van der Waals surface area contributed by atoms with E-state index in [9.17, 15) is 9.90 Å². The highest BCUT2D eigenvalue weighted by atomic mass is 17.3. The van der Waals surface area contributed by atoms with Crippen LogP contribution in [0.5, 0.6) is 0 Å². The minimum Gasteiger partial charge on any atom is -0.477 e. The van der Waals surface area contributed by atoms with E-state index in [1.165, 1.54) is 0 Å². The maximum atomic E-state index is 12.0. The summed E-state index contributed by atoms with van der Waals surface area (Å²) in [5.41, 5.74) is -1.34. The SMILES string of the molecule is CCCCC(CC)C(OOC(C)(C)C)(OOC(C)(C)C)C(=O)O. The Labute approximate surface area is 140 Å². The van der Waals surface area contributed by atoms with Gasteiger partial charge in [0, 0.05) is 5.92 Å². The van der Waals surface area contributed by atoms with Gasteiger partial charge in [0.25, 0.3) is 0 Å². The molecule has 0 aliphatic carbocycles. The fourth-order valence-corrected chi connectivity index (χ4v) is 1.88. The first-order valence-corrected chi connectivity index (χ1v) is 8.35. The van der Waals surface area contributed by atoms with Crippen molar-refractivity contribution in [3.63, 3.8) is 0 Å². The van der Waals surface area contributed by atoms with E-state index in [0.29, 0.717) is 12.8 Å². The summed E-state index contributed by atoms with van der Waals surface area (Å²) in [6.07, 6.45) is 3.02. The number of hydrogen-bond donors (Lipinski definition) is 1. The second-order valence-corrected chi connectivity index (χ2v) is 7.78. The first-order valence-electron chi connectivity index (χ1n) is 8.35. The van der Waals surface area contributed by atoms with Crippen molar-refractivity contribution in [2.75, 3.05) is 0 Å². The van der Waals surface area contributed by atoms with Gasteiger partial charge in [-0.2, -0.15) is 9.78 Å². The Kier molecular flexibility index (Phi) is 8.70. The van der Waals surface area contributed by atoms with Crippen LogP contribution < -0.4 is 0 Å². The Morgan fingerprint density at radius 1 is 0.913 bits per heavy atom. The molecule has 0 rings (SSSR count). The predicted molar refractivity (Wildman–Crippen MR) is 87.5 cm³/mol. The monoisotopic (exact) mass is 334 g/mol. The first-order chi connectivity index (χ1) is 10.4. The van der Waals surface area contributed by atoms with Crippen LogP contribution in [0, 0.1) is 5.92 Å². The number of carboxylic acids is 1. The van der Waals surface area contributed by atoms with E-state index >= 15 is 0 Å². The van der Waals surface area contributed by atoms with Gasteiger partial charge < -0.3 is 5.11 Å². The second kappa shape index (κ2) is 8.97. The van der Waals surface area contributed by atoms with Gasteiger partial charge in [0.2, 0.25) is 0 Å². The van der Waals surface area contributed by atoms with Crippen molar-refractivity contribution in [2.45, 2.75) is 98.1 Å². The number of unbranched alkanes of at least 4 members (excludes halogenated alkanes) is 1. The van der Waals surface area contributed by atoms with Gasteiger partial charge in [-0.25, -0.2) is 14.6 Å². The molecule has 0 fully saturated rings. The molecule has 0 aliphatic rings. The van der Waals surface area contributed by atoms with Crippen LogP contribution in [0.15, 0.2) is 0 Å². The van der Waals surface area contributed by atoms with Crippen molar-refractivity contribution in [3.8, 4) is 0 Å². The molecule has 6 heteroatoms. The van der Waals surface area contributed by atoms with Crippen molar-refractivity contribution in [2.24, 2.45) is 5.92 Å². The van der Waals surface area contributed by atoms with Gasteiger partial charge in [-0.15, -0.1) is 0 Å². The number of rotatable bonds is 10. The number of hydrogen-bond acceptors (Lipinski definition) is 5. The second-order valence-electron chi connectivity index (χ2n) is 7.78. The molecule has 0 bridgehead atoms. The topological polar surface area (TPSA) is 74.2 Å². The summed E-state index contributed by atoms with van der Waals surface area (Å²) in [7, 11) is 0. The average molecular weight is 334 g/mol. The lowest BCUT2D eigenvalue weighted by molar-refractivity contribution is -0.538. The van der Waals surface area contributed by atoms with E-state index in [1.807, 2.05) is 13.8 Å². The predicted octanol–water partition coefficient (Wildman–Crippen LogP) is 4.48. The maximum Gasteiger partial charge on any atom is 0.370 e. The van der Waals surface area contributed by atoms with Gasteiger partial charge in [0.05, 0.1) is 11.2 Å². The molecule has 0 aliphatic heterocycles. The van der Waals surface area contributed by atoms with Crippen LogP contribution in [0.4, 0.5) is 0 Å². The number of carboxylic acid groups (broad SMARTS) is 1. The fourth-order valence-electron chi connectivity index (χ4n) is 1.88. The largest absolute Gasteiger partial charge is 0.477 e. The van der Waals surface area contributed by atoms with Crippen LogP contribution >= 0.6 is 0 Å². The molecule has 0 heterocycles. The molecule has 0 saturated carbocycles. The zero-order valence-corrected chi connectivity index (χ0v) is 15.9. The van der Waals surface area contributed by atoms with E-state index in [1.54, 1.807) is 41.5 Å². The summed E-state index contributed by atoms with van der Waals surface area (Å²) in [5.74, 6) is -3.65. The summed E-state index contributed by atoms with van der Waals surface area (Å²) in [6.45, 7) is 14.6. The number of aliphatic carboxylic acids is 1. The molecule has 6 nitrogen and oxygen atoms in total. The highest BCUT2D eigenvalue weighted by Crippen LogP contribution is 2.34. The summed E-state index contributed by atoms with van der Waals surface area (Å²) >= 11 is 0. The van der Waals surface area contributed by atoms with Crippen LogP contribution in [0.1, 0.15) is 81.1 Å². The molecule has 1 N–H and O–H groups in total. The van der Waals surface area contributed by atoms with E-state index in [4.69, 9.17) is 19.6 Å². The lowest BCUT2D eigenvalue weighted by Gasteiger charge is -2.37. The fraction of sp³-hybridized carbons (Fsp3) is 0.941. The quantitative estimate of drug-likeness (QED) is 0.361. The van der Waals surface area contributed by atoms with Crippen LogP contribution in [0.2, 0.25) is 0 Å². The van der Waals surface area contributed by atoms with Crippen molar-refractivity contribution in [3.05, 3.63) is 0 Å². The summed E-state index contributed by atoms with van der Waals surface area (Å²) in [5, 5.41) is 9.81. The molecule has 1 unspecified atom stereocenters. The Morgan fingerprint density at radius 3 is 1.61 bits per heavy atom. The minimum absolute atomic E-state index is 0.398. The highest BCUT2D eigenvalue weighted by Gasteiger charge is 2.52. The molecule has 23 heavy (non-hydrogen) atoms. The van der Waals surface area contributed by atoms with E-state index in [-0.39, 0.29) is 0 Å². The zero-order valence-electron chi connectivity index (χ0n) is 15.9. The smallest absolute Gasteiger partial charge is 0.370 e. The third-order valence-electron chi connectivity index (χ3n) is 3.07. The molecule has 0 aromatic heterocycles. The Hall–Kier alpha value is -0.690. The molecule has 138 valence electrons. The third-order valence-corrected chi connectivity index (χ3v) is 3.07. The summed E-state index contributed by atoms with van der Waals surface area (Å²) in [4.78, 5) is 33.3. The zero-order chi connectivity index (χ0) is 18.3. The van der Waals surface area contributed by atoms with Gasteiger partial charge in [0.1, 0.15) is 0 Å². The minimum atomic E-state index is -2.00. The molecule has 0 saturated heterocycles. The molecule has 0 amide bonds. The van der Waals surface area contributed by atoms with Crippen molar-refractivity contribution < 1.29 is 29.5 Å². The van der Waals surface area contributed by atoms with Gasteiger partial charge in [-0.3, -0.25) is 0 Å². The molecule has 0 aromatic rings. The van der Waals surface area contributed by atoms with Gasteiger partial charge >= 0.3 is 11.8 Å². The van der Waals surface area contributed by atoms with E-state index in [2.05, 4.69) is 0 Å². The maximum absolute atomic E-state index is 12.0. The standard InChI is InChI=1S/C17H34O6/c1-9-11-12-13(10-2)17(14(18)19,22-20-15(3,4)5)23-21-16(6,7)8/h13H,9-12H2,1-8H3,(H,18,19). The normalized spacial score (nSPS) is 14.8. The summed E-state index contributed by atoms with van der Waals surface area (Å²) < 4.78 is 0. The van der Waals surface area contributed by atoms with Crippen molar-refractivity contribution in [1.29, 1.82) is 0 Å². The molecular weight excluding hydrogens is 300 g/mol. The molecular formula is C17H34O6. The molecule has 1 atom stereocenters. The molecule has 0 aromatic carbocycles. The van der Waals surface area contributed by atoms with Crippen LogP contribution in [-0.2, 0) is 24.3 Å². The van der Waals surface area contributed by atoms with Crippen molar-refractivity contribution >= 4 is 5.97 Å². The first kappa shape index (κ1) is 22.3. The van der Waals surface area contributed by atoms with Gasteiger partial charge in [-0.05, 0) is 54.4 Å². The van der Waals surface area contributed by atoms with Crippen LogP contribution in [0.25, 0.3) is 0 Å². The Morgan fingerprint density at radius 2 is 1.35 bits per heavy atom. The van der Waals surface area contributed by atoms with Gasteiger partial charge in [-0.1, -0.05) is 26.7 Å². The highest BCUT2D eigenvalue weighted by molar-refractivity contribution is 5.76. The molecule has 0 spiro atoms. The van der Waals surface area contributed by atoms with Crippen molar-refractivity contribution in [1.82, 2.24) is 0 Å². The third kappa shape index (κ3) is 8.11. The lowest BCUT2D eigenvalue weighted by Crippen LogP contribution is -2.53. The Bertz CT molecular complexity index is 335. The summed E-state index contributed by atoms with van der Waals surface area (Å²) in [6, 6.07) is 0.